The first-order valence-corrected chi connectivity index (χ1v) is 6.80. The van der Waals surface area contributed by atoms with Gasteiger partial charge in [-0.05, 0) is 35.6 Å². The van der Waals surface area contributed by atoms with Crippen molar-refractivity contribution in [1.29, 1.82) is 0 Å². The van der Waals surface area contributed by atoms with Crippen LogP contribution in [0, 0.1) is 0 Å². The number of carboxylic acid groups (broad SMARTS) is 1. The molecule has 2 aromatic rings. The van der Waals surface area contributed by atoms with E-state index >= 15 is 0 Å². The van der Waals surface area contributed by atoms with Crippen molar-refractivity contribution in [2.45, 2.75) is 19.8 Å². The fourth-order valence-corrected chi connectivity index (χ4v) is 2.33. The van der Waals surface area contributed by atoms with Crippen molar-refractivity contribution in [1.82, 2.24) is 9.59 Å². The molecule has 1 amide bonds. The number of carbonyl (C=O) groups excluding carboxylic acids is 1. The van der Waals surface area contributed by atoms with Crippen molar-refractivity contribution in [2.75, 3.05) is 5.32 Å². The topological polar surface area (TPSA) is 92.2 Å². The summed E-state index contributed by atoms with van der Waals surface area (Å²) in [4.78, 5) is 23.1. The Labute approximate surface area is 119 Å². The SMILES string of the molecule is CCc1nnsc1C(=O)Nc1ccc(CC(=O)O)cc1. The summed E-state index contributed by atoms with van der Waals surface area (Å²) in [5.41, 5.74) is 1.97. The smallest absolute Gasteiger partial charge is 0.307 e. The van der Waals surface area contributed by atoms with E-state index in [2.05, 4.69) is 14.9 Å². The monoisotopic (exact) mass is 291 g/mol. The van der Waals surface area contributed by atoms with E-state index in [0.717, 1.165) is 11.5 Å². The maximum Gasteiger partial charge on any atom is 0.307 e. The predicted octanol–water partition coefficient (Wildman–Crippen LogP) is 1.98. The van der Waals surface area contributed by atoms with Crippen molar-refractivity contribution in [2.24, 2.45) is 0 Å². The molecule has 1 aromatic carbocycles. The zero-order valence-corrected chi connectivity index (χ0v) is 11.6. The van der Waals surface area contributed by atoms with Crippen molar-refractivity contribution < 1.29 is 14.7 Å². The first-order valence-electron chi connectivity index (χ1n) is 6.03. The number of nitrogens with zero attached hydrogens (tertiary/aromatic N) is 2. The molecule has 0 fully saturated rings. The minimum atomic E-state index is -0.884. The summed E-state index contributed by atoms with van der Waals surface area (Å²) < 4.78 is 3.77. The molecule has 0 bridgehead atoms. The van der Waals surface area contributed by atoms with Gasteiger partial charge in [0.25, 0.3) is 5.91 Å². The lowest BCUT2D eigenvalue weighted by Gasteiger charge is -2.05. The molecule has 0 aliphatic carbocycles. The van der Waals surface area contributed by atoms with Crippen LogP contribution in [0.2, 0.25) is 0 Å². The standard InChI is InChI=1S/C13H13N3O3S/c1-2-10-12(20-16-15-10)13(19)14-9-5-3-8(4-6-9)7-11(17)18/h3-6H,2,7H2,1H3,(H,14,19)(H,17,18). The van der Waals surface area contributed by atoms with Crippen LogP contribution >= 0.6 is 11.5 Å². The second-order valence-corrected chi connectivity index (χ2v) is 4.88. The molecule has 7 heteroatoms. The zero-order valence-electron chi connectivity index (χ0n) is 10.8. The largest absolute Gasteiger partial charge is 0.481 e. The van der Waals surface area contributed by atoms with Gasteiger partial charge in [-0.3, -0.25) is 9.59 Å². The Balaban J connectivity index is 2.06. The van der Waals surface area contributed by atoms with E-state index in [9.17, 15) is 9.59 Å². The molecule has 0 radical (unpaired) electrons. The minimum Gasteiger partial charge on any atom is -0.481 e. The molecule has 0 atom stereocenters. The Morgan fingerprint density at radius 1 is 1.30 bits per heavy atom. The van der Waals surface area contributed by atoms with E-state index in [1.165, 1.54) is 0 Å². The molecule has 2 rings (SSSR count). The third-order valence-corrected chi connectivity index (χ3v) is 3.43. The highest BCUT2D eigenvalue weighted by atomic mass is 32.1. The average Bonchev–Trinajstić information content (AvgIpc) is 2.89. The highest BCUT2D eigenvalue weighted by Crippen LogP contribution is 2.15. The van der Waals surface area contributed by atoms with Gasteiger partial charge in [-0.2, -0.15) is 0 Å². The van der Waals surface area contributed by atoms with Gasteiger partial charge in [0, 0.05) is 5.69 Å². The normalized spacial score (nSPS) is 10.2. The molecular weight excluding hydrogens is 278 g/mol. The van der Waals surface area contributed by atoms with Gasteiger partial charge in [-0.1, -0.05) is 23.5 Å². The first kappa shape index (κ1) is 14.1. The molecule has 20 heavy (non-hydrogen) atoms. The molecule has 0 saturated carbocycles. The maximum absolute atomic E-state index is 12.0. The number of anilines is 1. The second kappa shape index (κ2) is 6.25. The molecule has 2 N–H and O–H groups in total. The number of hydrogen-bond acceptors (Lipinski definition) is 5. The Morgan fingerprint density at radius 2 is 2.00 bits per heavy atom. The molecule has 0 unspecified atom stereocenters. The lowest BCUT2D eigenvalue weighted by molar-refractivity contribution is -0.136. The summed E-state index contributed by atoms with van der Waals surface area (Å²) in [5, 5.41) is 15.3. The van der Waals surface area contributed by atoms with Crippen LogP contribution in [-0.4, -0.2) is 26.6 Å². The quantitative estimate of drug-likeness (QED) is 0.878. The third-order valence-electron chi connectivity index (χ3n) is 2.66. The number of aromatic nitrogens is 2. The molecule has 0 saturated heterocycles. The molecular formula is C13H13N3O3S. The lowest BCUT2D eigenvalue weighted by atomic mass is 10.1. The van der Waals surface area contributed by atoms with Gasteiger partial charge in [-0.25, -0.2) is 0 Å². The van der Waals surface area contributed by atoms with Gasteiger partial charge >= 0.3 is 5.97 Å². The third kappa shape index (κ3) is 3.39. The summed E-state index contributed by atoms with van der Waals surface area (Å²) >= 11 is 1.06. The Morgan fingerprint density at radius 3 is 2.60 bits per heavy atom. The molecule has 6 nitrogen and oxygen atoms in total. The molecule has 104 valence electrons. The second-order valence-electron chi connectivity index (χ2n) is 4.12. The summed E-state index contributed by atoms with van der Waals surface area (Å²) in [6.45, 7) is 1.91. The Kier molecular flexibility index (Phi) is 4.41. The Hall–Kier alpha value is -2.28. The molecule has 1 heterocycles. The average molecular weight is 291 g/mol. The van der Waals surface area contributed by atoms with Crippen LogP contribution in [0.15, 0.2) is 24.3 Å². The lowest BCUT2D eigenvalue weighted by Crippen LogP contribution is -2.12. The highest BCUT2D eigenvalue weighted by Gasteiger charge is 2.15. The molecule has 0 spiro atoms. The van der Waals surface area contributed by atoms with Crippen molar-refractivity contribution in [3.8, 4) is 0 Å². The van der Waals surface area contributed by atoms with Gasteiger partial charge < -0.3 is 10.4 Å². The summed E-state index contributed by atoms with van der Waals surface area (Å²) in [6, 6.07) is 6.71. The van der Waals surface area contributed by atoms with Crippen LogP contribution in [0.4, 0.5) is 5.69 Å². The number of carboxylic acids is 1. The summed E-state index contributed by atoms with van der Waals surface area (Å²) in [6.07, 6.45) is 0.615. The van der Waals surface area contributed by atoms with Crippen LogP contribution in [0.25, 0.3) is 0 Å². The van der Waals surface area contributed by atoms with Crippen molar-refractivity contribution in [3.05, 3.63) is 40.4 Å². The number of aryl methyl sites for hydroxylation is 1. The zero-order chi connectivity index (χ0) is 14.5. The van der Waals surface area contributed by atoms with E-state index in [-0.39, 0.29) is 12.3 Å². The predicted molar refractivity (Wildman–Crippen MR) is 75.0 cm³/mol. The van der Waals surface area contributed by atoms with Crippen LogP contribution in [-0.2, 0) is 17.6 Å². The number of aliphatic carboxylic acids is 1. The molecule has 0 aliphatic heterocycles. The van der Waals surface area contributed by atoms with Crippen LogP contribution < -0.4 is 5.32 Å². The van der Waals surface area contributed by atoms with E-state index in [4.69, 9.17) is 5.11 Å². The first-order chi connectivity index (χ1) is 9.60. The summed E-state index contributed by atoms with van der Waals surface area (Å²) in [7, 11) is 0. The molecule has 1 aromatic heterocycles. The van der Waals surface area contributed by atoms with Gasteiger partial charge in [0.05, 0.1) is 12.1 Å². The number of nitrogens with one attached hydrogen (secondary N) is 1. The van der Waals surface area contributed by atoms with Crippen LogP contribution in [0.5, 0.6) is 0 Å². The Bertz CT molecular complexity index is 622. The number of carbonyl (C=O) groups is 2. The highest BCUT2D eigenvalue weighted by molar-refractivity contribution is 7.08. The van der Waals surface area contributed by atoms with E-state index < -0.39 is 5.97 Å². The molecule has 0 aliphatic rings. The van der Waals surface area contributed by atoms with E-state index in [1.807, 2.05) is 6.92 Å². The van der Waals surface area contributed by atoms with Crippen LogP contribution in [0.3, 0.4) is 0 Å². The number of hydrogen-bond donors (Lipinski definition) is 2. The van der Waals surface area contributed by atoms with Crippen molar-refractivity contribution >= 4 is 29.1 Å². The van der Waals surface area contributed by atoms with E-state index in [1.54, 1.807) is 24.3 Å². The van der Waals surface area contributed by atoms with Gasteiger partial charge in [0.2, 0.25) is 0 Å². The minimum absolute atomic E-state index is 0.0347. The number of rotatable bonds is 5. The summed E-state index contributed by atoms with van der Waals surface area (Å²) in [5.74, 6) is -1.13. The van der Waals surface area contributed by atoms with Crippen molar-refractivity contribution in [3.63, 3.8) is 0 Å². The van der Waals surface area contributed by atoms with Gasteiger partial charge in [0.1, 0.15) is 4.88 Å². The maximum atomic E-state index is 12.0. The fourth-order valence-electron chi connectivity index (χ4n) is 1.68. The van der Waals surface area contributed by atoms with Gasteiger partial charge in [0.15, 0.2) is 0 Å². The van der Waals surface area contributed by atoms with E-state index in [0.29, 0.717) is 28.2 Å². The number of benzene rings is 1. The van der Waals surface area contributed by atoms with Gasteiger partial charge in [-0.15, -0.1) is 5.10 Å². The number of amides is 1. The van der Waals surface area contributed by atoms with Crippen LogP contribution in [0.1, 0.15) is 27.9 Å². The fraction of sp³-hybridized carbons (Fsp3) is 0.231.